The van der Waals surface area contributed by atoms with E-state index >= 15 is 0 Å². The highest BCUT2D eigenvalue weighted by Gasteiger charge is 1.82. The van der Waals surface area contributed by atoms with E-state index in [0.29, 0.717) is 0 Å². The van der Waals surface area contributed by atoms with E-state index in [4.69, 9.17) is 5.11 Å². The molecule has 0 atom stereocenters. The molecule has 1 aromatic rings. The SMILES string of the molecule is CC(C#Cc1ccccc1)=CCO. The Labute approximate surface area is 78.7 Å². The summed E-state index contributed by atoms with van der Waals surface area (Å²) in [4.78, 5) is 0. The maximum atomic E-state index is 8.59. The van der Waals surface area contributed by atoms with Crippen molar-refractivity contribution < 1.29 is 5.11 Å². The predicted molar refractivity (Wildman–Crippen MR) is 54.2 cm³/mol. The molecule has 1 aromatic carbocycles. The molecule has 0 saturated heterocycles. The van der Waals surface area contributed by atoms with Crippen LogP contribution in [0.1, 0.15) is 12.5 Å². The van der Waals surface area contributed by atoms with Crippen LogP contribution in [0.25, 0.3) is 0 Å². The van der Waals surface area contributed by atoms with Gasteiger partial charge in [0.15, 0.2) is 0 Å². The first kappa shape index (κ1) is 9.57. The zero-order valence-electron chi connectivity index (χ0n) is 7.62. The number of aliphatic hydroxyl groups excluding tert-OH is 1. The van der Waals surface area contributed by atoms with E-state index in [2.05, 4.69) is 11.8 Å². The Morgan fingerprint density at radius 3 is 2.69 bits per heavy atom. The Morgan fingerprint density at radius 2 is 2.08 bits per heavy atom. The molecule has 1 nitrogen and oxygen atoms in total. The van der Waals surface area contributed by atoms with Crippen molar-refractivity contribution in [3.63, 3.8) is 0 Å². The van der Waals surface area contributed by atoms with Crippen LogP contribution >= 0.6 is 0 Å². The molecule has 1 rings (SSSR count). The second-order valence-corrected chi connectivity index (χ2v) is 2.69. The van der Waals surface area contributed by atoms with Gasteiger partial charge in [-0.1, -0.05) is 30.0 Å². The molecule has 0 fully saturated rings. The molecule has 0 saturated carbocycles. The molecule has 1 heteroatoms. The fraction of sp³-hybridized carbons (Fsp3) is 0.167. The lowest BCUT2D eigenvalue weighted by molar-refractivity contribution is 0.342. The summed E-state index contributed by atoms with van der Waals surface area (Å²) < 4.78 is 0. The van der Waals surface area contributed by atoms with Gasteiger partial charge >= 0.3 is 0 Å². The van der Waals surface area contributed by atoms with Crippen molar-refractivity contribution in [2.45, 2.75) is 6.92 Å². The Balaban J connectivity index is 2.73. The molecule has 0 heterocycles. The number of benzene rings is 1. The van der Waals surface area contributed by atoms with Crippen LogP contribution in [0.15, 0.2) is 42.0 Å². The van der Waals surface area contributed by atoms with Crippen LogP contribution in [-0.2, 0) is 0 Å². The van der Waals surface area contributed by atoms with E-state index in [-0.39, 0.29) is 6.61 Å². The number of rotatable bonds is 1. The fourth-order valence-corrected chi connectivity index (χ4v) is 0.880. The first-order valence-electron chi connectivity index (χ1n) is 4.17. The molecule has 0 aromatic heterocycles. The van der Waals surface area contributed by atoms with Crippen molar-refractivity contribution in [3.05, 3.63) is 47.5 Å². The minimum atomic E-state index is 0.0509. The molecule has 0 radical (unpaired) electrons. The number of aliphatic hydroxyl groups is 1. The van der Waals surface area contributed by atoms with Gasteiger partial charge in [0.25, 0.3) is 0 Å². The summed E-state index contributed by atoms with van der Waals surface area (Å²) >= 11 is 0. The van der Waals surface area contributed by atoms with Crippen LogP contribution in [0.5, 0.6) is 0 Å². The normalized spacial score (nSPS) is 10.5. The second kappa shape index (κ2) is 5.18. The molecule has 13 heavy (non-hydrogen) atoms. The molecule has 0 aliphatic rings. The van der Waals surface area contributed by atoms with Crippen LogP contribution < -0.4 is 0 Å². The standard InChI is InChI=1S/C12H12O/c1-11(9-10-13)7-8-12-5-3-2-4-6-12/h2-6,9,13H,10H2,1H3. The summed E-state index contributed by atoms with van der Waals surface area (Å²) in [6.07, 6.45) is 1.69. The Hall–Kier alpha value is -1.52. The average molecular weight is 172 g/mol. The molecular formula is C12H12O. The highest BCUT2D eigenvalue weighted by Crippen LogP contribution is 1.96. The van der Waals surface area contributed by atoms with E-state index in [1.54, 1.807) is 6.08 Å². The molecule has 0 bridgehead atoms. The van der Waals surface area contributed by atoms with Gasteiger partial charge < -0.3 is 5.11 Å². The maximum Gasteiger partial charge on any atom is 0.0624 e. The van der Waals surface area contributed by atoms with Gasteiger partial charge in [-0.25, -0.2) is 0 Å². The first-order chi connectivity index (χ1) is 6.33. The zero-order chi connectivity index (χ0) is 9.52. The van der Waals surface area contributed by atoms with Gasteiger partial charge in [0, 0.05) is 5.56 Å². The van der Waals surface area contributed by atoms with Crippen molar-refractivity contribution in [2.24, 2.45) is 0 Å². The molecule has 0 spiro atoms. The Bertz CT molecular complexity index is 338. The van der Waals surface area contributed by atoms with Crippen LogP contribution in [0.2, 0.25) is 0 Å². The van der Waals surface area contributed by atoms with E-state index < -0.39 is 0 Å². The molecular weight excluding hydrogens is 160 g/mol. The topological polar surface area (TPSA) is 20.2 Å². The molecule has 0 unspecified atom stereocenters. The van der Waals surface area contributed by atoms with Gasteiger partial charge in [-0.3, -0.25) is 0 Å². The van der Waals surface area contributed by atoms with Crippen LogP contribution in [0.3, 0.4) is 0 Å². The summed E-state index contributed by atoms with van der Waals surface area (Å²) in [7, 11) is 0. The summed E-state index contributed by atoms with van der Waals surface area (Å²) in [5.41, 5.74) is 1.89. The van der Waals surface area contributed by atoms with Gasteiger partial charge in [0.2, 0.25) is 0 Å². The predicted octanol–water partition coefficient (Wildman–Crippen LogP) is 1.98. The Kier molecular flexibility index (Phi) is 3.81. The van der Waals surface area contributed by atoms with E-state index in [9.17, 15) is 0 Å². The van der Waals surface area contributed by atoms with Gasteiger partial charge in [0.1, 0.15) is 0 Å². The maximum absolute atomic E-state index is 8.59. The largest absolute Gasteiger partial charge is 0.392 e. The lowest BCUT2D eigenvalue weighted by atomic mass is 10.2. The third-order valence-electron chi connectivity index (χ3n) is 1.58. The van der Waals surface area contributed by atoms with Crippen molar-refractivity contribution in [2.75, 3.05) is 6.61 Å². The highest BCUT2D eigenvalue weighted by molar-refractivity contribution is 5.39. The van der Waals surface area contributed by atoms with Gasteiger partial charge in [0.05, 0.1) is 6.61 Å². The lowest BCUT2D eigenvalue weighted by Crippen LogP contribution is -1.77. The molecule has 0 aliphatic heterocycles. The third-order valence-corrected chi connectivity index (χ3v) is 1.58. The highest BCUT2D eigenvalue weighted by atomic mass is 16.2. The number of allylic oxidation sites excluding steroid dienone is 1. The number of hydrogen-bond donors (Lipinski definition) is 1. The third kappa shape index (κ3) is 3.59. The minimum Gasteiger partial charge on any atom is -0.392 e. The van der Waals surface area contributed by atoms with Crippen molar-refractivity contribution >= 4 is 0 Å². The van der Waals surface area contributed by atoms with Crippen molar-refractivity contribution in [1.29, 1.82) is 0 Å². The smallest absolute Gasteiger partial charge is 0.0624 e. The summed E-state index contributed by atoms with van der Waals surface area (Å²) in [6.45, 7) is 1.93. The molecule has 1 N–H and O–H groups in total. The van der Waals surface area contributed by atoms with Gasteiger partial charge in [-0.15, -0.1) is 0 Å². The van der Waals surface area contributed by atoms with E-state index in [1.807, 2.05) is 37.3 Å². The van der Waals surface area contributed by atoms with Crippen LogP contribution in [-0.4, -0.2) is 11.7 Å². The number of hydrogen-bond acceptors (Lipinski definition) is 1. The molecule has 66 valence electrons. The lowest BCUT2D eigenvalue weighted by Gasteiger charge is -1.87. The summed E-state index contributed by atoms with van der Waals surface area (Å²) in [5, 5.41) is 8.59. The monoisotopic (exact) mass is 172 g/mol. The van der Waals surface area contributed by atoms with Gasteiger partial charge in [-0.2, -0.15) is 0 Å². The van der Waals surface area contributed by atoms with Crippen molar-refractivity contribution in [3.8, 4) is 11.8 Å². The van der Waals surface area contributed by atoms with E-state index in [0.717, 1.165) is 11.1 Å². The Morgan fingerprint density at radius 1 is 1.38 bits per heavy atom. The summed E-state index contributed by atoms with van der Waals surface area (Å²) in [6, 6.07) is 9.78. The average Bonchev–Trinajstić information content (AvgIpc) is 2.17. The molecule has 0 amide bonds. The van der Waals surface area contributed by atoms with Gasteiger partial charge in [-0.05, 0) is 30.7 Å². The van der Waals surface area contributed by atoms with Crippen molar-refractivity contribution in [1.82, 2.24) is 0 Å². The summed E-state index contributed by atoms with van der Waals surface area (Å²) in [5.74, 6) is 5.95. The zero-order valence-corrected chi connectivity index (χ0v) is 7.62. The second-order valence-electron chi connectivity index (χ2n) is 2.69. The fourth-order valence-electron chi connectivity index (χ4n) is 0.880. The minimum absolute atomic E-state index is 0.0509. The van der Waals surface area contributed by atoms with Crippen LogP contribution in [0, 0.1) is 11.8 Å². The van der Waals surface area contributed by atoms with Crippen LogP contribution in [0.4, 0.5) is 0 Å². The first-order valence-corrected chi connectivity index (χ1v) is 4.17. The van der Waals surface area contributed by atoms with E-state index in [1.165, 1.54) is 0 Å². The molecule has 0 aliphatic carbocycles. The quantitative estimate of drug-likeness (QED) is 0.642.